The summed E-state index contributed by atoms with van der Waals surface area (Å²) in [4.78, 5) is 0. The normalized spacial score (nSPS) is 18.0. The molecule has 2 aromatic rings. The predicted molar refractivity (Wildman–Crippen MR) is 91.5 cm³/mol. The largest absolute Gasteiger partial charge is 0.465 e. The van der Waals surface area contributed by atoms with E-state index in [2.05, 4.69) is 38.1 Å². The molecule has 1 aliphatic rings. The van der Waals surface area contributed by atoms with Crippen LogP contribution in [0.5, 0.6) is 5.75 Å². The first-order valence-electron chi connectivity index (χ1n) is 8.27. The van der Waals surface area contributed by atoms with E-state index in [0.717, 1.165) is 37.0 Å². The molecule has 1 saturated heterocycles. The third kappa shape index (κ3) is 3.57. The maximum atomic E-state index is 9.72. The smallest absolute Gasteiger partial charge is 0.199 e. The van der Waals surface area contributed by atoms with Crippen molar-refractivity contribution < 1.29 is 14.6 Å². The lowest BCUT2D eigenvalue weighted by atomic mass is 9.96. The molecular formula is C20H24O3. The quantitative estimate of drug-likeness (QED) is 0.911. The van der Waals surface area contributed by atoms with E-state index < -0.39 is 0 Å². The van der Waals surface area contributed by atoms with Gasteiger partial charge in [0.05, 0.1) is 13.2 Å². The van der Waals surface area contributed by atoms with Gasteiger partial charge in [0.25, 0.3) is 0 Å². The van der Waals surface area contributed by atoms with E-state index in [1.165, 1.54) is 16.7 Å². The lowest BCUT2D eigenvalue weighted by molar-refractivity contribution is -0.106. The Morgan fingerprint density at radius 1 is 1.17 bits per heavy atom. The third-order valence-corrected chi connectivity index (χ3v) is 4.54. The Kier molecular flexibility index (Phi) is 4.99. The summed E-state index contributed by atoms with van der Waals surface area (Å²) in [5.41, 5.74) is 5.63. The third-order valence-electron chi connectivity index (χ3n) is 4.54. The maximum Gasteiger partial charge on any atom is 0.199 e. The highest BCUT2D eigenvalue weighted by atomic mass is 16.7. The van der Waals surface area contributed by atoms with E-state index in [0.29, 0.717) is 5.75 Å². The number of hydrogen-bond acceptors (Lipinski definition) is 3. The first kappa shape index (κ1) is 16.0. The van der Waals surface area contributed by atoms with E-state index in [1.807, 2.05) is 12.1 Å². The number of rotatable bonds is 4. The summed E-state index contributed by atoms with van der Waals surface area (Å²) >= 11 is 0. The van der Waals surface area contributed by atoms with Crippen molar-refractivity contribution in [2.45, 2.75) is 46.0 Å². The van der Waals surface area contributed by atoms with Crippen LogP contribution in [0.15, 0.2) is 36.4 Å². The highest BCUT2D eigenvalue weighted by Gasteiger charge is 2.17. The summed E-state index contributed by atoms with van der Waals surface area (Å²) < 4.78 is 11.6. The molecule has 2 aromatic carbocycles. The van der Waals surface area contributed by atoms with Crippen LogP contribution in [0.3, 0.4) is 0 Å². The van der Waals surface area contributed by atoms with Crippen LogP contribution in [0.4, 0.5) is 0 Å². The van der Waals surface area contributed by atoms with Crippen molar-refractivity contribution in [3.63, 3.8) is 0 Å². The average molecular weight is 312 g/mol. The monoisotopic (exact) mass is 312 g/mol. The Morgan fingerprint density at radius 3 is 2.78 bits per heavy atom. The molecule has 1 N–H and O–H groups in total. The van der Waals surface area contributed by atoms with Gasteiger partial charge >= 0.3 is 0 Å². The second-order valence-electron chi connectivity index (χ2n) is 6.14. The first-order chi connectivity index (χ1) is 11.2. The Balaban J connectivity index is 1.88. The fourth-order valence-corrected chi connectivity index (χ4v) is 3.00. The molecule has 1 heterocycles. The molecule has 3 nitrogen and oxygen atoms in total. The fraction of sp³-hybridized carbons (Fsp3) is 0.400. The number of hydrogen-bond donors (Lipinski definition) is 1. The van der Waals surface area contributed by atoms with Crippen LogP contribution in [0.1, 0.15) is 36.0 Å². The number of benzene rings is 2. The summed E-state index contributed by atoms with van der Waals surface area (Å²) in [7, 11) is 0. The molecule has 1 fully saturated rings. The molecule has 0 aromatic heterocycles. The van der Waals surface area contributed by atoms with Crippen molar-refractivity contribution in [2.75, 3.05) is 6.61 Å². The number of aliphatic hydroxyl groups is 1. The molecule has 0 amide bonds. The van der Waals surface area contributed by atoms with E-state index in [-0.39, 0.29) is 12.9 Å². The minimum atomic E-state index is -0.194. The molecule has 0 saturated carbocycles. The molecule has 1 aliphatic heterocycles. The van der Waals surface area contributed by atoms with Gasteiger partial charge in [0.1, 0.15) is 5.75 Å². The van der Waals surface area contributed by atoms with Gasteiger partial charge in [-0.2, -0.15) is 0 Å². The summed E-state index contributed by atoms with van der Waals surface area (Å²) in [5.74, 6) is 0.716. The van der Waals surface area contributed by atoms with Crippen LogP contribution < -0.4 is 4.74 Å². The summed E-state index contributed by atoms with van der Waals surface area (Å²) in [5, 5.41) is 9.72. The van der Waals surface area contributed by atoms with Crippen molar-refractivity contribution in [1.29, 1.82) is 0 Å². The molecule has 1 atom stereocenters. The molecule has 0 bridgehead atoms. The number of aryl methyl sites for hydroxylation is 1. The predicted octanol–water partition coefficient (Wildman–Crippen LogP) is 4.37. The maximum absolute atomic E-state index is 9.72. The van der Waals surface area contributed by atoms with Gasteiger partial charge in [-0.05, 0) is 61.1 Å². The van der Waals surface area contributed by atoms with Gasteiger partial charge < -0.3 is 14.6 Å². The van der Waals surface area contributed by atoms with Gasteiger partial charge in [-0.15, -0.1) is 0 Å². The zero-order valence-corrected chi connectivity index (χ0v) is 13.8. The number of aliphatic hydroxyl groups excluding tert-OH is 1. The van der Waals surface area contributed by atoms with Crippen molar-refractivity contribution in [3.05, 3.63) is 53.1 Å². The highest BCUT2D eigenvalue weighted by Crippen LogP contribution is 2.31. The van der Waals surface area contributed by atoms with Crippen molar-refractivity contribution >= 4 is 0 Å². The molecule has 0 spiro atoms. The van der Waals surface area contributed by atoms with E-state index in [1.54, 1.807) is 0 Å². The molecule has 3 heteroatoms. The Labute approximate surface area is 137 Å². The standard InChI is InChI=1S/C20H24O3/c1-14-6-5-7-18(15(14)2)16-9-10-19(17(12-16)13-21)23-20-8-3-4-11-22-20/h5-7,9-10,12,20-21H,3-4,8,11,13H2,1-2H3. The highest BCUT2D eigenvalue weighted by molar-refractivity contribution is 5.70. The van der Waals surface area contributed by atoms with Gasteiger partial charge in [0.2, 0.25) is 0 Å². The molecule has 0 radical (unpaired) electrons. The van der Waals surface area contributed by atoms with Crippen molar-refractivity contribution in [3.8, 4) is 16.9 Å². The van der Waals surface area contributed by atoms with Crippen LogP contribution in [-0.2, 0) is 11.3 Å². The molecule has 23 heavy (non-hydrogen) atoms. The van der Waals surface area contributed by atoms with E-state index >= 15 is 0 Å². The van der Waals surface area contributed by atoms with Crippen molar-refractivity contribution in [2.24, 2.45) is 0 Å². The first-order valence-corrected chi connectivity index (χ1v) is 8.27. The lowest BCUT2D eigenvalue weighted by Crippen LogP contribution is -2.25. The second kappa shape index (κ2) is 7.16. The lowest BCUT2D eigenvalue weighted by Gasteiger charge is -2.24. The van der Waals surface area contributed by atoms with Gasteiger partial charge in [-0.25, -0.2) is 0 Å². The van der Waals surface area contributed by atoms with Gasteiger partial charge in [0.15, 0.2) is 6.29 Å². The molecular weight excluding hydrogens is 288 g/mol. The molecule has 0 aliphatic carbocycles. The van der Waals surface area contributed by atoms with Gasteiger partial charge in [-0.1, -0.05) is 24.3 Å². The van der Waals surface area contributed by atoms with Crippen LogP contribution >= 0.6 is 0 Å². The number of ether oxygens (including phenoxy) is 2. The van der Waals surface area contributed by atoms with Crippen LogP contribution in [0, 0.1) is 13.8 Å². The van der Waals surface area contributed by atoms with Crippen LogP contribution in [-0.4, -0.2) is 18.0 Å². The van der Waals surface area contributed by atoms with Gasteiger partial charge in [-0.3, -0.25) is 0 Å². The zero-order valence-electron chi connectivity index (χ0n) is 13.8. The summed E-state index contributed by atoms with van der Waals surface area (Å²) in [6, 6.07) is 12.3. The van der Waals surface area contributed by atoms with E-state index in [9.17, 15) is 5.11 Å². The molecule has 122 valence electrons. The van der Waals surface area contributed by atoms with E-state index in [4.69, 9.17) is 9.47 Å². The van der Waals surface area contributed by atoms with Crippen LogP contribution in [0.25, 0.3) is 11.1 Å². The molecule has 3 rings (SSSR count). The minimum Gasteiger partial charge on any atom is -0.465 e. The van der Waals surface area contributed by atoms with Crippen molar-refractivity contribution in [1.82, 2.24) is 0 Å². The SMILES string of the molecule is Cc1cccc(-c2ccc(OC3CCCCO3)c(CO)c2)c1C. The van der Waals surface area contributed by atoms with Gasteiger partial charge in [0, 0.05) is 12.0 Å². The zero-order chi connectivity index (χ0) is 16.2. The van der Waals surface area contributed by atoms with Crippen LogP contribution in [0.2, 0.25) is 0 Å². The second-order valence-corrected chi connectivity index (χ2v) is 6.14. The Morgan fingerprint density at radius 2 is 2.04 bits per heavy atom. The summed E-state index contributed by atoms with van der Waals surface area (Å²) in [6.07, 6.45) is 2.93. The fourth-order valence-electron chi connectivity index (χ4n) is 3.00. The molecule has 1 unspecified atom stereocenters. The Bertz CT molecular complexity index is 673. The summed E-state index contributed by atoms with van der Waals surface area (Å²) in [6.45, 7) is 4.95. The average Bonchev–Trinajstić information content (AvgIpc) is 2.59. The topological polar surface area (TPSA) is 38.7 Å². The minimum absolute atomic E-state index is 0.0409. The Hall–Kier alpha value is -1.84.